The Hall–Kier alpha value is -1.27. The van der Waals surface area contributed by atoms with Crippen molar-refractivity contribution in [3.05, 3.63) is 16.8 Å². The van der Waals surface area contributed by atoms with Crippen molar-refractivity contribution >= 4 is 23.0 Å². The number of rotatable bonds is 2. The Bertz CT molecular complexity index is 516. The fraction of sp³-hybridized carbons (Fsp3) is 0.615. The molecule has 0 aromatic carbocycles. The molecule has 0 bridgehead atoms. The molecule has 6 heteroatoms. The molecule has 2 rings (SSSR count). The van der Waals surface area contributed by atoms with Gasteiger partial charge >= 0.3 is 0 Å². The number of anilines is 1. The van der Waals surface area contributed by atoms with Crippen LogP contribution in [0.5, 0.6) is 0 Å². The van der Waals surface area contributed by atoms with E-state index >= 15 is 0 Å². The minimum Gasteiger partial charge on any atom is -0.389 e. The molecule has 0 aliphatic carbocycles. The van der Waals surface area contributed by atoms with E-state index in [1.165, 1.54) is 0 Å². The zero-order chi connectivity index (χ0) is 14.2. The number of aromatic nitrogens is 2. The lowest BCUT2D eigenvalue weighted by Gasteiger charge is -2.43. The molecule has 0 atom stereocenters. The first-order chi connectivity index (χ1) is 8.84. The molecule has 0 unspecified atom stereocenters. The molecule has 19 heavy (non-hydrogen) atoms. The van der Waals surface area contributed by atoms with Crippen LogP contribution in [0.25, 0.3) is 0 Å². The number of aryl methyl sites for hydroxylation is 1. The van der Waals surface area contributed by atoms with Crippen molar-refractivity contribution in [2.45, 2.75) is 33.2 Å². The number of thiocarbonyl (C=S) groups is 1. The Labute approximate surface area is 119 Å². The van der Waals surface area contributed by atoms with Gasteiger partial charge in [0.2, 0.25) is 0 Å². The van der Waals surface area contributed by atoms with Crippen LogP contribution in [-0.2, 0) is 4.74 Å². The highest BCUT2D eigenvalue weighted by Gasteiger charge is 2.34. The minimum absolute atomic E-state index is 0.145. The quantitative estimate of drug-likeness (QED) is 0.825. The van der Waals surface area contributed by atoms with Crippen molar-refractivity contribution in [1.82, 2.24) is 10.2 Å². The second-order valence-electron chi connectivity index (χ2n) is 5.49. The van der Waals surface area contributed by atoms with Crippen LogP contribution < -0.4 is 10.6 Å². The van der Waals surface area contributed by atoms with E-state index in [0.717, 1.165) is 29.2 Å². The van der Waals surface area contributed by atoms with E-state index in [2.05, 4.69) is 28.9 Å². The van der Waals surface area contributed by atoms with E-state index in [0.29, 0.717) is 18.2 Å². The first-order valence-electron chi connectivity index (χ1n) is 6.33. The van der Waals surface area contributed by atoms with Gasteiger partial charge in [0.1, 0.15) is 4.99 Å². The maximum absolute atomic E-state index is 5.89. The van der Waals surface area contributed by atoms with Crippen LogP contribution in [0.2, 0.25) is 0 Å². The minimum atomic E-state index is -0.145. The molecule has 104 valence electrons. The summed E-state index contributed by atoms with van der Waals surface area (Å²) in [5.74, 6) is 0.768. The van der Waals surface area contributed by atoms with Crippen molar-refractivity contribution in [2.24, 2.45) is 5.73 Å². The summed E-state index contributed by atoms with van der Waals surface area (Å²) < 4.78 is 5.54. The average Bonchev–Trinajstić information content (AvgIpc) is 2.32. The summed E-state index contributed by atoms with van der Waals surface area (Å²) in [6, 6.07) is 0. The average molecular weight is 280 g/mol. The van der Waals surface area contributed by atoms with Crippen LogP contribution in [0.15, 0.2) is 0 Å². The highest BCUT2D eigenvalue weighted by atomic mass is 32.1. The van der Waals surface area contributed by atoms with Crippen molar-refractivity contribution in [1.29, 1.82) is 0 Å². The van der Waals surface area contributed by atoms with Crippen LogP contribution in [0.3, 0.4) is 0 Å². The van der Waals surface area contributed by atoms with Crippen LogP contribution >= 0.6 is 12.2 Å². The van der Waals surface area contributed by atoms with Gasteiger partial charge < -0.3 is 15.4 Å². The lowest BCUT2D eigenvalue weighted by molar-refractivity contribution is 0.0638. The number of morpholine rings is 1. The topological polar surface area (TPSA) is 64.3 Å². The molecule has 1 aromatic heterocycles. The second kappa shape index (κ2) is 5.02. The standard InChI is InChI=1S/C13H20N4OS/c1-8-9(2)15-16-12(10(8)11(14)19)17-5-6-18-7-13(17,3)4/h5-7H2,1-4H3,(H2,14,19). The van der Waals surface area contributed by atoms with Crippen molar-refractivity contribution in [2.75, 3.05) is 24.7 Å². The predicted molar refractivity (Wildman–Crippen MR) is 79.6 cm³/mol. The monoisotopic (exact) mass is 280 g/mol. The lowest BCUT2D eigenvalue weighted by Crippen LogP contribution is -2.54. The molecular formula is C13H20N4OS. The first kappa shape index (κ1) is 14.1. The molecule has 0 radical (unpaired) electrons. The van der Waals surface area contributed by atoms with E-state index in [-0.39, 0.29) is 5.54 Å². The Morgan fingerprint density at radius 1 is 1.37 bits per heavy atom. The van der Waals surface area contributed by atoms with Crippen LogP contribution in [0.1, 0.15) is 30.7 Å². The van der Waals surface area contributed by atoms with Gasteiger partial charge in [-0.15, -0.1) is 5.10 Å². The third kappa shape index (κ3) is 2.55. The van der Waals surface area contributed by atoms with E-state index in [1.807, 2.05) is 13.8 Å². The number of ether oxygens (including phenoxy) is 1. The van der Waals surface area contributed by atoms with Crippen LogP contribution in [0, 0.1) is 13.8 Å². The predicted octanol–water partition coefficient (Wildman–Crippen LogP) is 1.34. The number of nitrogens with two attached hydrogens (primary N) is 1. The Balaban J connectivity index is 2.56. The Morgan fingerprint density at radius 2 is 2.05 bits per heavy atom. The van der Waals surface area contributed by atoms with Gasteiger partial charge in [-0.1, -0.05) is 12.2 Å². The van der Waals surface area contributed by atoms with E-state index in [1.54, 1.807) is 0 Å². The van der Waals surface area contributed by atoms with Crippen LogP contribution in [-0.4, -0.2) is 40.5 Å². The van der Waals surface area contributed by atoms with Gasteiger partial charge in [0.15, 0.2) is 5.82 Å². The molecule has 0 saturated carbocycles. The molecule has 0 amide bonds. The van der Waals surface area contributed by atoms with Crippen molar-refractivity contribution < 1.29 is 4.74 Å². The van der Waals surface area contributed by atoms with E-state index in [9.17, 15) is 0 Å². The van der Waals surface area contributed by atoms with Gasteiger partial charge in [0.25, 0.3) is 0 Å². The third-order valence-electron chi connectivity index (χ3n) is 3.58. The molecule has 1 aliphatic rings. The van der Waals surface area contributed by atoms with Gasteiger partial charge in [-0.3, -0.25) is 0 Å². The summed E-state index contributed by atoms with van der Waals surface area (Å²) in [7, 11) is 0. The molecular weight excluding hydrogens is 260 g/mol. The summed E-state index contributed by atoms with van der Waals surface area (Å²) in [4.78, 5) is 2.55. The largest absolute Gasteiger partial charge is 0.389 e. The van der Waals surface area contributed by atoms with Gasteiger partial charge in [-0.05, 0) is 33.3 Å². The molecule has 2 heterocycles. The first-order valence-corrected chi connectivity index (χ1v) is 6.74. The molecule has 0 spiro atoms. The SMILES string of the molecule is Cc1nnc(N2CCOCC2(C)C)c(C(N)=S)c1C. The maximum atomic E-state index is 5.89. The maximum Gasteiger partial charge on any atom is 0.162 e. The van der Waals surface area contributed by atoms with Gasteiger partial charge in [-0.25, -0.2) is 0 Å². The zero-order valence-corrected chi connectivity index (χ0v) is 12.7. The number of nitrogens with zero attached hydrogens (tertiary/aromatic N) is 3. The fourth-order valence-corrected chi connectivity index (χ4v) is 2.58. The summed E-state index contributed by atoms with van der Waals surface area (Å²) in [5, 5.41) is 8.55. The van der Waals surface area contributed by atoms with Gasteiger partial charge in [0, 0.05) is 6.54 Å². The lowest BCUT2D eigenvalue weighted by atomic mass is 10.0. The smallest absolute Gasteiger partial charge is 0.162 e. The zero-order valence-electron chi connectivity index (χ0n) is 11.9. The number of hydrogen-bond acceptors (Lipinski definition) is 5. The van der Waals surface area contributed by atoms with E-state index < -0.39 is 0 Å². The van der Waals surface area contributed by atoms with Gasteiger partial charge in [0.05, 0.1) is 30.0 Å². The summed E-state index contributed by atoms with van der Waals surface area (Å²) in [6.07, 6.45) is 0. The molecule has 2 N–H and O–H groups in total. The van der Waals surface area contributed by atoms with Crippen molar-refractivity contribution in [3.63, 3.8) is 0 Å². The summed E-state index contributed by atoms with van der Waals surface area (Å²) >= 11 is 5.19. The third-order valence-corrected chi connectivity index (χ3v) is 3.79. The van der Waals surface area contributed by atoms with Crippen LogP contribution in [0.4, 0.5) is 5.82 Å². The normalized spacial score (nSPS) is 18.4. The number of hydrogen-bond donors (Lipinski definition) is 1. The highest BCUT2D eigenvalue weighted by Crippen LogP contribution is 2.29. The van der Waals surface area contributed by atoms with E-state index in [4.69, 9.17) is 22.7 Å². The molecule has 1 fully saturated rings. The Kier molecular flexibility index (Phi) is 3.73. The summed E-state index contributed by atoms with van der Waals surface area (Å²) in [6.45, 7) is 10.2. The fourth-order valence-electron chi connectivity index (χ4n) is 2.33. The second-order valence-corrected chi connectivity index (χ2v) is 5.93. The molecule has 1 aromatic rings. The molecule has 1 saturated heterocycles. The van der Waals surface area contributed by atoms with Gasteiger partial charge in [-0.2, -0.15) is 5.10 Å². The Morgan fingerprint density at radius 3 is 2.63 bits per heavy atom. The highest BCUT2D eigenvalue weighted by molar-refractivity contribution is 7.80. The van der Waals surface area contributed by atoms with Crippen molar-refractivity contribution in [3.8, 4) is 0 Å². The summed E-state index contributed by atoms with van der Waals surface area (Å²) in [5.41, 5.74) is 8.43. The molecule has 5 nitrogen and oxygen atoms in total. The molecule has 1 aliphatic heterocycles.